The molecule has 0 unspecified atom stereocenters. The van der Waals surface area contributed by atoms with Gasteiger partial charge in [-0.1, -0.05) is 0 Å². The quantitative estimate of drug-likeness (QED) is 0.936. The van der Waals surface area contributed by atoms with E-state index >= 15 is 0 Å². The van der Waals surface area contributed by atoms with Gasteiger partial charge in [0.25, 0.3) is 0 Å². The van der Waals surface area contributed by atoms with Crippen LogP contribution in [0.3, 0.4) is 0 Å². The highest BCUT2D eigenvalue weighted by Crippen LogP contribution is 2.21. The minimum Gasteiger partial charge on any atom is -0.472 e. The van der Waals surface area contributed by atoms with E-state index in [1.165, 1.54) is 16.8 Å². The molecule has 0 fully saturated rings. The Kier molecular flexibility index (Phi) is 4.20. The molecule has 1 N–H and O–H groups in total. The van der Waals surface area contributed by atoms with Gasteiger partial charge >= 0.3 is 0 Å². The van der Waals surface area contributed by atoms with Gasteiger partial charge in [0.1, 0.15) is 12.1 Å². The summed E-state index contributed by atoms with van der Waals surface area (Å²) in [6, 6.07) is 2.41. The Balaban J connectivity index is 1.73. The van der Waals surface area contributed by atoms with Crippen molar-refractivity contribution in [3.63, 3.8) is 0 Å². The van der Waals surface area contributed by atoms with Crippen LogP contribution in [0.15, 0.2) is 29.3 Å². The van der Waals surface area contributed by atoms with Gasteiger partial charge in [-0.05, 0) is 26.3 Å². The van der Waals surface area contributed by atoms with Gasteiger partial charge in [0.05, 0.1) is 18.2 Å². The monoisotopic (exact) mass is 286 g/mol. The van der Waals surface area contributed by atoms with Crippen LogP contribution in [0.25, 0.3) is 0 Å². The van der Waals surface area contributed by atoms with Crippen LogP contribution in [0.4, 0.5) is 5.82 Å². The van der Waals surface area contributed by atoms with Crippen LogP contribution in [0.5, 0.6) is 0 Å². The van der Waals surface area contributed by atoms with E-state index in [1.807, 2.05) is 12.3 Å². The first kappa shape index (κ1) is 14.1. The van der Waals surface area contributed by atoms with Crippen LogP contribution in [-0.2, 0) is 19.4 Å². The number of furan rings is 1. The van der Waals surface area contributed by atoms with Crippen molar-refractivity contribution in [2.75, 3.05) is 18.4 Å². The Morgan fingerprint density at radius 3 is 2.90 bits per heavy atom. The van der Waals surface area contributed by atoms with Crippen molar-refractivity contribution in [1.82, 2.24) is 14.9 Å². The molecule has 1 aliphatic heterocycles. The van der Waals surface area contributed by atoms with Crippen molar-refractivity contribution in [2.45, 2.75) is 39.3 Å². The summed E-state index contributed by atoms with van der Waals surface area (Å²) in [6.07, 6.45) is 7.20. The van der Waals surface area contributed by atoms with E-state index in [0.717, 1.165) is 38.3 Å². The molecule has 5 heteroatoms. The first-order chi connectivity index (χ1) is 10.2. The second kappa shape index (κ2) is 6.26. The fourth-order valence-electron chi connectivity index (χ4n) is 2.77. The number of fused-ring (bicyclic) bond motifs is 1. The summed E-state index contributed by atoms with van der Waals surface area (Å²) in [7, 11) is 0. The Morgan fingerprint density at radius 1 is 1.29 bits per heavy atom. The predicted octanol–water partition coefficient (Wildman–Crippen LogP) is 2.49. The van der Waals surface area contributed by atoms with Gasteiger partial charge in [-0.25, -0.2) is 9.97 Å². The molecule has 112 valence electrons. The van der Waals surface area contributed by atoms with Gasteiger partial charge in [0.2, 0.25) is 0 Å². The van der Waals surface area contributed by atoms with Crippen LogP contribution >= 0.6 is 0 Å². The number of hydrogen-bond donors (Lipinski definition) is 1. The number of hydrogen-bond acceptors (Lipinski definition) is 5. The first-order valence-corrected chi connectivity index (χ1v) is 7.55. The molecule has 0 bridgehead atoms. The van der Waals surface area contributed by atoms with Crippen LogP contribution in [0.2, 0.25) is 0 Å². The lowest BCUT2D eigenvalue weighted by Gasteiger charge is -2.18. The number of nitrogens with one attached hydrogen (secondary N) is 1. The molecule has 0 radical (unpaired) electrons. The summed E-state index contributed by atoms with van der Waals surface area (Å²) < 4.78 is 5.15. The summed E-state index contributed by atoms with van der Waals surface area (Å²) in [5, 5.41) is 3.44. The number of anilines is 1. The standard InChI is InChI=1S/C16H22N4O/c1-12(2)19-16-14-3-6-20(9-13-5-8-21-10-13)7-4-15(14)17-11-18-16/h5,8,10-12H,3-4,6-7,9H2,1-2H3,(H,17,18,19). The van der Waals surface area contributed by atoms with Gasteiger partial charge in [-0.15, -0.1) is 0 Å². The molecule has 0 atom stereocenters. The fourth-order valence-corrected chi connectivity index (χ4v) is 2.77. The van der Waals surface area contributed by atoms with Crippen LogP contribution < -0.4 is 5.32 Å². The Hall–Kier alpha value is -1.88. The normalized spacial score (nSPS) is 15.8. The van der Waals surface area contributed by atoms with Crippen LogP contribution in [0, 0.1) is 0 Å². The maximum absolute atomic E-state index is 5.15. The van der Waals surface area contributed by atoms with Gasteiger partial charge in [-0.3, -0.25) is 4.90 Å². The third kappa shape index (κ3) is 3.42. The summed E-state index contributed by atoms with van der Waals surface area (Å²) >= 11 is 0. The lowest BCUT2D eigenvalue weighted by atomic mass is 10.1. The van der Waals surface area contributed by atoms with E-state index in [2.05, 4.69) is 34.0 Å². The molecule has 0 saturated heterocycles. The minimum atomic E-state index is 0.384. The number of nitrogens with zero attached hydrogens (tertiary/aromatic N) is 3. The number of aromatic nitrogens is 2. The van der Waals surface area contributed by atoms with Crippen molar-refractivity contribution in [2.24, 2.45) is 0 Å². The SMILES string of the molecule is CC(C)Nc1ncnc2c1CCN(Cc1ccoc1)CC2. The van der Waals surface area contributed by atoms with Gasteiger partial charge < -0.3 is 9.73 Å². The maximum atomic E-state index is 5.15. The van der Waals surface area contributed by atoms with E-state index in [4.69, 9.17) is 4.42 Å². The lowest BCUT2D eigenvalue weighted by Crippen LogP contribution is -2.25. The van der Waals surface area contributed by atoms with Crippen molar-refractivity contribution < 1.29 is 4.42 Å². The average Bonchev–Trinajstić information content (AvgIpc) is 2.86. The summed E-state index contributed by atoms with van der Waals surface area (Å²) in [4.78, 5) is 11.4. The van der Waals surface area contributed by atoms with E-state index in [0.29, 0.717) is 6.04 Å². The molecule has 3 rings (SSSR count). The average molecular weight is 286 g/mol. The van der Waals surface area contributed by atoms with Gasteiger partial charge in [0.15, 0.2) is 0 Å². The molecule has 2 aromatic rings. The molecule has 5 nitrogen and oxygen atoms in total. The smallest absolute Gasteiger partial charge is 0.133 e. The minimum absolute atomic E-state index is 0.384. The summed E-state index contributed by atoms with van der Waals surface area (Å²) in [6.45, 7) is 7.26. The second-order valence-corrected chi connectivity index (χ2v) is 5.85. The maximum Gasteiger partial charge on any atom is 0.133 e. The summed E-state index contributed by atoms with van der Waals surface area (Å²) in [5.74, 6) is 1.00. The Labute approximate surface area is 125 Å². The number of rotatable bonds is 4. The zero-order valence-corrected chi connectivity index (χ0v) is 12.7. The summed E-state index contributed by atoms with van der Waals surface area (Å²) in [5.41, 5.74) is 3.69. The van der Waals surface area contributed by atoms with Crippen molar-refractivity contribution in [1.29, 1.82) is 0 Å². The van der Waals surface area contributed by atoms with E-state index in [1.54, 1.807) is 12.6 Å². The molecule has 2 aromatic heterocycles. The van der Waals surface area contributed by atoms with Crippen molar-refractivity contribution in [3.8, 4) is 0 Å². The Morgan fingerprint density at radius 2 is 2.14 bits per heavy atom. The highest BCUT2D eigenvalue weighted by molar-refractivity contribution is 5.47. The van der Waals surface area contributed by atoms with Crippen LogP contribution in [-0.4, -0.2) is 34.0 Å². The largest absolute Gasteiger partial charge is 0.472 e. The molecule has 0 aromatic carbocycles. The predicted molar refractivity (Wildman–Crippen MR) is 82.2 cm³/mol. The molecular weight excluding hydrogens is 264 g/mol. The highest BCUT2D eigenvalue weighted by atomic mass is 16.3. The molecule has 0 saturated carbocycles. The highest BCUT2D eigenvalue weighted by Gasteiger charge is 2.19. The molecule has 21 heavy (non-hydrogen) atoms. The lowest BCUT2D eigenvalue weighted by molar-refractivity contribution is 0.278. The molecule has 0 spiro atoms. The fraction of sp³-hybridized carbons (Fsp3) is 0.500. The molecule has 1 aliphatic rings. The topological polar surface area (TPSA) is 54.2 Å². The zero-order valence-electron chi connectivity index (χ0n) is 12.7. The van der Waals surface area contributed by atoms with Crippen molar-refractivity contribution in [3.05, 3.63) is 41.7 Å². The first-order valence-electron chi connectivity index (χ1n) is 7.55. The molecule has 0 aliphatic carbocycles. The van der Waals surface area contributed by atoms with Gasteiger partial charge in [-0.2, -0.15) is 0 Å². The molecule has 3 heterocycles. The molecule has 0 amide bonds. The van der Waals surface area contributed by atoms with Gasteiger partial charge in [0, 0.05) is 43.2 Å². The van der Waals surface area contributed by atoms with E-state index in [9.17, 15) is 0 Å². The second-order valence-electron chi connectivity index (χ2n) is 5.85. The Bertz CT molecular complexity index is 580. The van der Waals surface area contributed by atoms with Crippen LogP contribution in [0.1, 0.15) is 30.7 Å². The third-order valence-electron chi connectivity index (χ3n) is 3.79. The van der Waals surface area contributed by atoms with E-state index in [-0.39, 0.29) is 0 Å². The van der Waals surface area contributed by atoms with E-state index < -0.39 is 0 Å². The third-order valence-corrected chi connectivity index (χ3v) is 3.79. The molecular formula is C16H22N4O. The van der Waals surface area contributed by atoms with Crippen molar-refractivity contribution >= 4 is 5.82 Å². The zero-order chi connectivity index (χ0) is 14.7.